The predicted octanol–water partition coefficient (Wildman–Crippen LogP) is -0.911. The summed E-state index contributed by atoms with van der Waals surface area (Å²) in [7, 11) is 4.73. The summed E-state index contributed by atoms with van der Waals surface area (Å²) >= 11 is 0. The Morgan fingerprint density at radius 3 is 2.63 bits per heavy atom. The smallest absolute Gasteiger partial charge is 0.332 e. The molecule has 0 atom stereocenters. The third-order valence-electron chi connectivity index (χ3n) is 2.31. The molecular formula is C11H15N5O3. The summed E-state index contributed by atoms with van der Waals surface area (Å²) in [6.07, 6.45) is 2.70. The van der Waals surface area contributed by atoms with E-state index in [-0.39, 0.29) is 11.3 Å². The van der Waals surface area contributed by atoms with Crippen molar-refractivity contribution < 1.29 is 9.59 Å². The first-order chi connectivity index (χ1) is 8.84. The van der Waals surface area contributed by atoms with Gasteiger partial charge in [-0.3, -0.25) is 9.59 Å². The summed E-state index contributed by atoms with van der Waals surface area (Å²) in [5, 5.41) is 3.57. The first-order valence-electron chi connectivity index (χ1n) is 5.34. The Hall–Kier alpha value is -2.64. The number of carbonyl (C=O) groups is 2. The highest BCUT2D eigenvalue weighted by Gasteiger charge is 2.18. The van der Waals surface area contributed by atoms with Crippen molar-refractivity contribution in [3.05, 3.63) is 33.7 Å². The summed E-state index contributed by atoms with van der Waals surface area (Å²) in [6.45, 7) is 0. The molecule has 0 fully saturated rings. The second-order valence-electron chi connectivity index (χ2n) is 3.98. The number of nitrogens with zero attached hydrogens (tertiary/aromatic N) is 3. The van der Waals surface area contributed by atoms with Crippen LogP contribution in [0.3, 0.4) is 0 Å². The third-order valence-corrected chi connectivity index (χ3v) is 2.31. The molecule has 0 aliphatic carbocycles. The number of primary amides is 1. The standard InChI is InChI=1S/C11H15N5O3/c1-15(2)10(18)9-7(6-13-14-11(12)19)16(3)5-4-8(9)17/h4-6H,1-3H3,(H3,12,14,19)/b13-6+. The normalized spacial score (nSPS) is 10.5. The Balaban J connectivity index is 3.32. The second-order valence-corrected chi connectivity index (χ2v) is 3.98. The molecule has 19 heavy (non-hydrogen) atoms. The largest absolute Gasteiger partial charge is 0.350 e. The molecule has 0 saturated carbocycles. The van der Waals surface area contributed by atoms with E-state index >= 15 is 0 Å². The fourth-order valence-corrected chi connectivity index (χ4v) is 1.40. The quantitative estimate of drug-likeness (QED) is 0.545. The Labute approximate surface area is 109 Å². The molecule has 0 saturated heterocycles. The number of amides is 3. The van der Waals surface area contributed by atoms with Gasteiger partial charge in [0.1, 0.15) is 5.56 Å². The molecule has 0 spiro atoms. The zero-order valence-corrected chi connectivity index (χ0v) is 10.9. The van der Waals surface area contributed by atoms with E-state index in [4.69, 9.17) is 5.73 Å². The van der Waals surface area contributed by atoms with Crippen molar-refractivity contribution in [2.24, 2.45) is 17.9 Å². The number of urea groups is 1. The number of hydrogen-bond acceptors (Lipinski definition) is 4. The van der Waals surface area contributed by atoms with Crippen LogP contribution in [0.2, 0.25) is 0 Å². The van der Waals surface area contributed by atoms with Crippen LogP contribution in [0.25, 0.3) is 0 Å². The molecule has 0 aliphatic rings. The van der Waals surface area contributed by atoms with E-state index in [1.54, 1.807) is 11.6 Å². The van der Waals surface area contributed by atoms with Gasteiger partial charge in [-0.2, -0.15) is 5.10 Å². The average Bonchev–Trinajstić information content (AvgIpc) is 2.32. The Kier molecular flexibility index (Phi) is 4.41. The average molecular weight is 265 g/mol. The van der Waals surface area contributed by atoms with Gasteiger partial charge in [0, 0.05) is 33.4 Å². The number of pyridine rings is 1. The summed E-state index contributed by atoms with van der Waals surface area (Å²) in [5.74, 6) is -0.443. The van der Waals surface area contributed by atoms with Crippen molar-refractivity contribution in [1.82, 2.24) is 14.9 Å². The van der Waals surface area contributed by atoms with Gasteiger partial charge in [-0.05, 0) is 0 Å². The maximum absolute atomic E-state index is 12.0. The van der Waals surface area contributed by atoms with Crippen molar-refractivity contribution >= 4 is 18.2 Å². The zero-order chi connectivity index (χ0) is 14.6. The van der Waals surface area contributed by atoms with Crippen LogP contribution in [0, 0.1) is 0 Å². The lowest BCUT2D eigenvalue weighted by atomic mass is 10.1. The maximum atomic E-state index is 12.0. The third kappa shape index (κ3) is 3.41. The van der Waals surface area contributed by atoms with Gasteiger partial charge in [0.2, 0.25) is 0 Å². The molecule has 1 aromatic rings. The van der Waals surface area contributed by atoms with Crippen LogP contribution >= 0.6 is 0 Å². The van der Waals surface area contributed by atoms with Crippen LogP contribution in [0.15, 0.2) is 22.2 Å². The molecule has 3 N–H and O–H groups in total. The Morgan fingerprint density at radius 1 is 1.47 bits per heavy atom. The Bertz CT molecular complexity index is 588. The van der Waals surface area contributed by atoms with Crippen molar-refractivity contribution in [2.45, 2.75) is 0 Å². The lowest BCUT2D eigenvalue weighted by Gasteiger charge is -2.13. The molecule has 1 aromatic heterocycles. The van der Waals surface area contributed by atoms with Gasteiger partial charge in [0.05, 0.1) is 11.9 Å². The van der Waals surface area contributed by atoms with Crippen LogP contribution in [0.1, 0.15) is 16.1 Å². The van der Waals surface area contributed by atoms with E-state index in [2.05, 4.69) is 5.10 Å². The summed E-state index contributed by atoms with van der Waals surface area (Å²) in [5.41, 5.74) is 6.70. The van der Waals surface area contributed by atoms with Crippen molar-refractivity contribution in [3.63, 3.8) is 0 Å². The summed E-state index contributed by atoms with van der Waals surface area (Å²) < 4.78 is 1.55. The number of nitrogens with two attached hydrogens (primary N) is 1. The monoisotopic (exact) mass is 265 g/mol. The van der Waals surface area contributed by atoms with Gasteiger partial charge >= 0.3 is 6.03 Å². The lowest BCUT2D eigenvalue weighted by Crippen LogP contribution is -2.31. The van der Waals surface area contributed by atoms with Gasteiger partial charge in [-0.15, -0.1) is 0 Å². The predicted molar refractivity (Wildman–Crippen MR) is 70.0 cm³/mol. The number of carbonyl (C=O) groups excluding carboxylic acids is 2. The van der Waals surface area contributed by atoms with Crippen molar-refractivity contribution in [1.29, 1.82) is 0 Å². The Morgan fingerprint density at radius 2 is 2.11 bits per heavy atom. The molecule has 8 heteroatoms. The van der Waals surface area contributed by atoms with E-state index in [1.165, 1.54) is 37.5 Å². The number of rotatable bonds is 3. The summed E-state index contributed by atoms with van der Waals surface area (Å²) in [6, 6.07) is 0.452. The van der Waals surface area contributed by atoms with Crippen molar-refractivity contribution in [2.75, 3.05) is 14.1 Å². The highest BCUT2D eigenvalue weighted by atomic mass is 16.2. The number of aromatic nitrogens is 1. The van der Waals surface area contributed by atoms with Crippen LogP contribution in [-0.2, 0) is 7.05 Å². The number of aryl methyl sites for hydroxylation is 1. The van der Waals surface area contributed by atoms with Crippen LogP contribution in [0.4, 0.5) is 4.79 Å². The van der Waals surface area contributed by atoms with E-state index in [1.807, 2.05) is 5.43 Å². The van der Waals surface area contributed by atoms with Crippen LogP contribution < -0.4 is 16.6 Å². The van der Waals surface area contributed by atoms with E-state index < -0.39 is 17.4 Å². The molecule has 8 nitrogen and oxygen atoms in total. The van der Waals surface area contributed by atoms with E-state index in [9.17, 15) is 14.4 Å². The molecule has 0 unspecified atom stereocenters. The minimum Gasteiger partial charge on any atom is -0.350 e. The van der Waals surface area contributed by atoms with Gasteiger partial charge in [0.25, 0.3) is 5.91 Å². The van der Waals surface area contributed by atoms with Gasteiger partial charge in [-0.25, -0.2) is 10.2 Å². The minimum absolute atomic E-state index is 0.0231. The number of hydrazone groups is 1. The van der Waals surface area contributed by atoms with E-state index in [0.29, 0.717) is 0 Å². The fourth-order valence-electron chi connectivity index (χ4n) is 1.40. The second kappa shape index (κ2) is 5.80. The van der Waals surface area contributed by atoms with Gasteiger partial charge < -0.3 is 15.2 Å². The van der Waals surface area contributed by atoms with E-state index in [0.717, 1.165) is 0 Å². The van der Waals surface area contributed by atoms with Gasteiger partial charge in [-0.1, -0.05) is 0 Å². The molecule has 0 aromatic carbocycles. The summed E-state index contributed by atoms with van der Waals surface area (Å²) in [4.78, 5) is 35.6. The van der Waals surface area contributed by atoms with Crippen LogP contribution in [0.5, 0.6) is 0 Å². The number of nitrogens with one attached hydrogen (secondary N) is 1. The zero-order valence-electron chi connectivity index (χ0n) is 10.9. The van der Waals surface area contributed by atoms with Gasteiger partial charge in [0.15, 0.2) is 5.43 Å². The molecule has 0 aliphatic heterocycles. The molecule has 0 radical (unpaired) electrons. The molecule has 102 valence electrons. The number of hydrogen-bond donors (Lipinski definition) is 2. The first-order valence-corrected chi connectivity index (χ1v) is 5.34. The van der Waals surface area contributed by atoms with Crippen molar-refractivity contribution in [3.8, 4) is 0 Å². The first kappa shape index (κ1) is 14.4. The highest BCUT2D eigenvalue weighted by Crippen LogP contribution is 2.03. The molecule has 0 bridgehead atoms. The fraction of sp³-hybridized carbons (Fsp3) is 0.273. The minimum atomic E-state index is -0.835. The maximum Gasteiger partial charge on any atom is 0.332 e. The topological polar surface area (TPSA) is 110 Å². The molecular weight excluding hydrogens is 250 g/mol. The molecule has 1 rings (SSSR count). The lowest BCUT2D eigenvalue weighted by molar-refractivity contribution is 0.0825. The molecule has 1 heterocycles. The SMILES string of the molecule is CN(C)C(=O)c1c(/C=N/NC(N)=O)n(C)ccc1=O. The van der Waals surface area contributed by atoms with Crippen LogP contribution in [-0.4, -0.2) is 41.7 Å². The highest BCUT2D eigenvalue weighted by molar-refractivity contribution is 6.01. The molecule has 3 amide bonds.